The van der Waals surface area contributed by atoms with Gasteiger partial charge in [0.1, 0.15) is 5.65 Å². The highest BCUT2D eigenvalue weighted by molar-refractivity contribution is 6.14. The largest absolute Gasteiger partial charge is 0.291 e. The minimum atomic E-state index is 0.597. The molecule has 8 aromatic carbocycles. The van der Waals surface area contributed by atoms with Crippen molar-refractivity contribution in [3.05, 3.63) is 181 Å². The molecule has 244 valence electrons. The molecule has 2 heterocycles. The van der Waals surface area contributed by atoms with Crippen molar-refractivity contribution in [2.24, 2.45) is 0 Å². The molecular formula is C49H28N4. The van der Waals surface area contributed by atoms with Crippen LogP contribution in [0.3, 0.4) is 0 Å². The van der Waals surface area contributed by atoms with E-state index in [0.717, 1.165) is 61.0 Å². The molecule has 0 amide bonds. The predicted octanol–water partition coefficient (Wildman–Crippen LogP) is 12.4. The normalized spacial score (nSPS) is 11.4. The Balaban J connectivity index is 1.14. The Morgan fingerprint density at radius 3 is 1.53 bits per heavy atom. The second kappa shape index (κ2) is 12.1. The number of rotatable bonds is 4. The molecule has 0 radical (unpaired) electrons. The van der Waals surface area contributed by atoms with Gasteiger partial charge in [0.15, 0.2) is 0 Å². The van der Waals surface area contributed by atoms with Crippen LogP contribution in [-0.2, 0) is 0 Å². The lowest BCUT2D eigenvalue weighted by atomic mass is 9.95. The summed E-state index contributed by atoms with van der Waals surface area (Å²) in [6.45, 7) is 0. The van der Waals surface area contributed by atoms with Crippen LogP contribution in [0.4, 0.5) is 0 Å². The van der Waals surface area contributed by atoms with Gasteiger partial charge in [0.2, 0.25) is 0 Å². The van der Waals surface area contributed by atoms with Gasteiger partial charge in [-0.25, -0.2) is 4.98 Å². The number of nitriles is 2. The van der Waals surface area contributed by atoms with Gasteiger partial charge in [-0.3, -0.25) is 4.40 Å². The topological polar surface area (TPSA) is 64.9 Å². The first-order valence-electron chi connectivity index (χ1n) is 17.6. The van der Waals surface area contributed by atoms with Crippen LogP contribution in [0.25, 0.3) is 93.6 Å². The molecule has 10 aromatic rings. The Bertz CT molecular complexity index is 3170. The standard InChI is InChI=1S/C49H28N4/c50-29-31-9-13-34(14-10-31)47-48(35-15-11-32(30-51)12-16-35)53-46-8-4-3-7-43(46)45-28-42(23-24-44(45)49(53)52-47)41-22-21-39-26-38(19-20-40(39)27-41)37-18-17-33-5-1-2-6-36(33)25-37/h1-28H. The summed E-state index contributed by atoms with van der Waals surface area (Å²) in [5, 5.41) is 27.2. The molecule has 0 aliphatic rings. The van der Waals surface area contributed by atoms with Crippen LogP contribution in [0, 0.1) is 22.7 Å². The lowest BCUT2D eigenvalue weighted by molar-refractivity contribution is 1.27. The summed E-state index contributed by atoms with van der Waals surface area (Å²) in [6, 6.07) is 63.5. The zero-order valence-corrected chi connectivity index (χ0v) is 28.5. The maximum absolute atomic E-state index is 9.52. The molecule has 53 heavy (non-hydrogen) atoms. The first kappa shape index (κ1) is 30.3. The van der Waals surface area contributed by atoms with Crippen molar-refractivity contribution in [2.45, 2.75) is 0 Å². The maximum Gasteiger partial charge on any atom is 0.146 e. The van der Waals surface area contributed by atoms with Crippen molar-refractivity contribution in [2.75, 3.05) is 0 Å². The first-order chi connectivity index (χ1) is 26.1. The molecule has 0 saturated heterocycles. The Morgan fingerprint density at radius 2 is 0.887 bits per heavy atom. The summed E-state index contributed by atoms with van der Waals surface area (Å²) < 4.78 is 2.25. The van der Waals surface area contributed by atoms with Gasteiger partial charge in [-0.05, 0) is 110 Å². The van der Waals surface area contributed by atoms with Crippen molar-refractivity contribution < 1.29 is 0 Å². The van der Waals surface area contributed by atoms with E-state index < -0.39 is 0 Å². The average Bonchev–Trinajstić information content (AvgIpc) is 3.64. The number of aromatic nitrogens is 2. The van der Waals surface area contributed by atoms with E-state index in [1.807, 2.05) is 48.5 Å². The van der Waals surface area contributed by atoms with Crippen LogP contribution in [0.15, 0.2) is 170 Å². The van der Waals surface area contributed by atoms with Gasteiger partial charge in [0.25, 0.3) is 0 Å². The molecule has 0 aliphatic heterocycles. The third-order valence-electron chi connectivity index (χ3n) is 10.4. The number of imidazole rings is 1. The summed E-state index contributed by atoms with van der Waals surface area (Å²) in [5.74, 6) is 0. The van der Waals surface area contributed by atoms with Gasteiger partial charge >= 0.3 is 0 Å². The van der Waals surface area contributed by atoms with Gasteiger partial charge in [-0.1, -0.05) is 109 Å². The number of pyridine rings is 1. The highest BCUT2D eigenvalue weighted by Gasteiger charge is 2.21. The Morgan fingerprint density at radius 1 is 0.396 bits per heavy atom. The lowest BCUT2D eigenvalue weighted by Gasteiger charge is -2.13. The summed E-state index contributed by atoms with van der Waals surface area (Å²) in [4.78, 5) is 5.34. The Labute approximate surface area is 305 Å². The van der Waals surface area contributed by atoms with Gasteiger partial charge in [0.05, 0.1) is 40.2 Å². The third kappa shape index (κ3) is 5.01. The van der Waals surface area contributed by atoms with Crippen LogP contribution in [0.2, 0.25) is 0 Å². The number of fused-ring (bicyclic) bond motifs is 8. The molecule has 0 saturated carbocycles. The van der Waals surface area contributed by atoms with Crippen molar-refractivity contribution in [3.63, 3.8) is 0 Å². The van der Waals surface area contributed by atoms with Crippen LogP contribution in [-0.4, -0.2) is 9.38 Å². The number of benzene rings is 8. The second-order valence-electron chi connectivity index (χ2n) is 13.5. The van der Waals surface area contributed by atoms with Crippen LogP contribution in [0.5, 0.6) is 0 Å². The van der Waals surface area contributed by atoms with Gasteiger partial charge < -0.3 is 0 Å². The maximum atomic E-state index is 9.52. The average molecular weight is 673 g/mol. The molecule has 0 unspecified atom stereocenters. The molecule has 0 aliphatic carbocycles. The quantitative estimate of drug-likeness (QED) is 0.175. The number of nitrogens with zero attached hydrogens (tertiary/aromatic N) is 4. The van der Waals surface area contributed by atoms with E-state index in [4.69, 9.17) is 4.98 Å². The first-order valence-corrected chi connectivity index (χ1v) is 17.6. The third-order valence-corrected chi connectivity index (χ3v) is 10.4. The van der Waals surface area contributed by atoms with E-state index in [-0.39, 0.29) is 0 Å². The molecule has 0 spiro atoms. The Kier molecular flexibility index (Phi) is 6.90. The number of hydrogen-bond donors (Lipinski definition) is 0. The van der Waals surface area contributed by atoms with E-state index in [0.29, 0.717) is 11.1 Å². The van der Waals surface area contributed by atoms with Gasteiger partial charge in [-0.15, -0.1) is 0 Å². The molecule has 0 fully saturated rings. The van der Waals surface area contributed by atoms with Crippen LogP contribution < -0.4 is 0 Å². The van der Waals surface area contributed by atoms with Gasteiger partial charge in [-0.2, -0.15) is 10.5 Å². The molecule has 4 nitrogen and oxygen atoms in total. The lowest BCUT2D eigenvalue weighted by Crippen LogP contribution is -1.95. The summed E-state index contributed by atoms with van der Waals surface area (Å²) >= 11 is 0. The van der Waals surface area contributed by atoms with E-state index >= 15 is 0 Å². The van der Waals surface area contributed by atoms with E-state index in [1.54, 1.807) is 0 Å². The highest BCUT2D eigenvalue weighted by Crippen LogP contribution is 2.40. The SMILES string of the molecule is N#Cc1ccc(-c2nc3c4ccc(-c5ccc6cc(-c7ccc8ccccc8c7)ccc6c5)cc4c4ccccc4n3c2-c2ccc(C#N)cc2)cc1. The fourth-order valence-electron chi connectivity index (χ4n) is 7.72. The summed E-state index contributed by atoms with van der Waals surface area (Å²) in [7, 11) is 0. The second-order valence-corrected chi connectivity index (χ2v) is 13.5. The predicted molar refractivity (Wildman–Crippen MR) is 216 cm³/mol. The fourth-order valence-corrected chi connectivity index (χ4v) is 7.72. The summed E-state index contributed by atoms with van der Waals surface area (Å²) in [6.07, 6.45) is 0. The molecule has 4 heteroatoms. The smallest absolute Gasteiger partial charge is 0.146 e. The van der Waals surface area contributed by atoms with Crippen molar-refractivity contribution in [1.29, 1.82) is 10.5 Å². The van der Waals surface area contributed by atoms with E-state index in [9.17, 15) is 10.5 Å². The zero-order valence-electron chi connectivity index (χ0n) is 28.5. The van der Waals surface area contributed by atoms with Crippen molar-refractivity contribution in [1.82, 2.24) is 9.38 Å². The monoisotopic (exact) mass is 672 g/mol. The molecule has 0 N–H and O–H groups in total. The number of hydrogen-bond acceptors (Lipinski definition) is 3. The van der Waals surface area contributed by atoms with Crippen molar-refractivity contribution >= 4 is 48.9 Å². The molecule has 0 bridgehead atoms. The van der Waals surface area contributed by atoms with E-state index in [2.05, 4.69) is 138 Å². The van der Waals surface area contributed by atoms with Gasteiger partial charge in [0, 0.05) is 21.9 Å². The highest BCUT2D eigenvalue weighted by atomic mass is 15.0. The zero-order chi connectivity index (χ0) is 35.5. The minimum Gasteiger partial charge on any atom is -0.291 e. The molecule has 0 atom stereocenters. The molecular weight excluding hydrogens is 645 g/mol. The fraction of sp³-hybridized carbons (Fsp3) is 0. The minimum absolute atomic E-state index is 0.597. The summed E-state index contributed by atoms with van der Waals surface area (Å²) in [5.41, 5.74) is 11.4. The van der Waals surface area contributed by atoms with Crippen LogP contribution in [0.1, 0.15) is 11.1 Å². The Hall–Kier alpha value is -7.53. The van der Waals surface area contributed by atoms with E-state index in [1.165, 1.54) is 32.7 Å². The molecule has 2 aromatic heterocycles. The molecule has 10 rings (SSSR count). The van der Waals surface area contributed by atoms with Crippen LogP contribution >= 0.6 is 0 Å². The van der Waals surface area contributed by atoms with Crippen molar-refractivity contribution in [3.8, 4) is 56.9 Å². The number of para-hydroxylation sites is 1.